The molecule has 0 aliphatic carbocycles. The molecule has 0 radical (unpaired) electrons. The third-order valence-corrected chi connectivity index (χ3v) is 5.16. The monoisotopic (exact) mass is 402 g/mol. The van der Waals surface area contributed by atoms with Crippen molar-refractivity contribution in [2.45, 2.75) is 90.1 Å². The zero-order valence-electron chi connectivity index (χ0n) is 18.5. The second kappa shape index (κ2) is 21.5. The van der Waals surface area contributed by atoms with Gasteiger partial charge in [0.15, 0.2) is 0 Å². The fourth-order valence-electron chi connectivity index (χ4n) is 3.42. The first-order valence-corrected chi connectivity index (χ1v) is 11.9. The molecule has 5 heteroatoms. The first-order chi connectivity index (χ1) is 13.9. The van der Waals surface area contributed by atoms with E-state index in [1.165, 1.54) is 64.2 Å². The van der Waals surface area contributed by atoms with E-state index in [1.54, 1.807) is 0 Å². The molecule has 1 saturated heterocycles. The predicted octanol–water partition coefficient (Wildman–Crippen LogP) is 5.15. The van der Waals surface area contributed by atoms with Crippen molar-refractivity contribution in [3.8, 4) is 0 Å². The van der Waals surface area contributed by atoms with Gasteiger partial charge in [0.2, 0.25) is 0 Å². The van der Waals surface area contributed by atoms with Gasteiger partial charge in [-0.1, -0.05) is 71.1 Å². The Bertz CT molecular complexity index is 285. The van der Waals surface area contributed by atoms with Gasteiger partial charge in [-0.2, -0.15) is 0 Å². The molecule has 0 bridgehead atoms. The summed E-state index contributed by atoms with van der Waals surface area (Å²) in [6, 6.07) is 0. The fraction of sp³-hybridized carbons (Fsp3) is 1.00. The maximum absolute atomic E-state index is 6.05. The van der Waals surface area contributed by atoms with Gasteiger partial charge in [-0.25, -0.2) is 0 Å². The first-order valence-electron chi connectivity index (χ1n) is 11.9. The van der Waals surface area contributed by atoms with Crippen LogP contribution in [0.15, 0.2) is 0 Å². The lowest BCUT2D eigenvalue weighted by atomic mass is 10.0. The molecule has 1 rings (SSSR count). The number of ether oxygens (including phenoxy) is 5. The second-order valence-corrected chi connectivity index (χ2v) is 7.70. The first kappa shape index (κ1) is 25.8. The van der Waals surface area contributed by atoms with Gasteiger partial charge in [-0.05, 0) is 12.8 Å². The molecule has 28 heavy (non-hydrogen) atoms. The highest BCUT2D eigenvalue weighted by Gasteiger charge is 2.09. The maximum atomic E-state index is 6.05. The Kier molecular flexibility index (Phi) is 19.8. The number of hydrogen-bond acceptors (Lipinski definition) is 5. The molecule has 1 unspecified atom stereocenters. The van der Waals surface area contributed by atoms with Crippen molar-refractivity contribution in [1.82, 2.24) is 0 Å². The molecule has 1 aliphatic heterocycles. The van der Waals surface area contributed by atoms with E-state index in [0.29, 0.717) is 52.9 Å². The van der Waals surface area contributed by atoms with Gasteiger partial charge in [0.1, 0.15) is 0 Å². The minimum Gasteiger partial charge on any atom is -0.379 e. The standard InChI is InChI=1S/C23H46O5/c1-2-3-4-5-6-7-8-9-10-11-12-23-13-14-24-15-16-25-17-18-26-19-20-27-21-22-28-23/h23H,2-22H2,1H3. The molecule has 1 fully saturated rings. The largest absolute Gasteiger partial charge is 0.379 e. The summed E-state index contributed by atoms with van der Waals surface area (Å²) in [5, 5.41) is 0. The molecule has 1 heterocycles. The minimum atomic E-state index is 0.280. The van der Waals surface area contributed by atoms with E-state index < -0.39 is 0 Å². The van der Waals surface area contributed by atoms with Gasteiger partial charge < -0.3 is 23.7 Å². The molecular weight excluding hydrogens is 356 g/mol. The average molecular weight is 403 g/mol. The Morgan fingerprint density at radius 1 is 0.500 bits per heavy atom. The van der Waals surface area contributed by atoms with Crippen LogP contribution >= 0.6 is 0 Å². The summed E-state index contributed by atoms with van der Waals surface area (Å²) < 4.78 is 28.2. The van der Waals surface area contributed by atoms with E-state index in [2.05, 4.69) is 6.92 Å². The highest BCUT2D eigenvalue weighted by molar-refractivity contribution is 4.60. The van der Waals surface area contributed by atoms with Crippen molar-refractivity contribution in [1.29, 1.82) is 0 Å². The molecule has 0 amide bonds. The molecule has 168 valence electrons. The SMILES string of the molecule is CCCCCCCCCCCCC1CCOCCOCCOCCOCCO1. The predicted molar refractivity (Wildman–Crippen MR) is 114 cm³/mol. The highest BCUT2D eigenvalue weighted by atomic mass is 16.6. The van der Waals surface area contributed by atoms with E-state index in [0.717, 1.165) is 19.4 Å². The van der Waals surface area contributed by atoms with E-state index in [-0.39, 0.29) is 6.10 Å². The molecule has 1 atom stereocenters. The van der Waals surface area contributed by atoms with Crippen molar-refractivity contribution >= 4 is 0 Å². The third-order valence-electron chi connectivity index (χ3n) is 5.16. The van der Waals surface area contributed by atoms with E-state index in [9.17, 15) is 0 Å². The molecule has 5 nitrogen and oxygen atoms in total. The Morgan fingerprint density at radius 3 is 1.46 bits per heavy atom. The Hall–Kier alpha value is -0.200. The molecular formula is C23H46O5. The van der Waals surface area contributed by atoms with Crippen LogP contribution in [0.5, 0.6) is 0 Å². The highest BCUT2D eigenvalue weighted by Crippen LogP contribution is 2.14. The van der Waals surface area contributed by atoms with Crippen LogP contribution in [0.4, 0.5) is 0 Å². The van der Waals surface area contributed by atoms with Crippen LogP contribution in [0.25, 0.3) is 0 Å². The molecule has 0 spiro atoms. The van der Waals surface area contributed by atoms with Gasteiger partial charge in [-0.3, -0.25) is 0 Å². The molecule has 0 saturated carbocycles. The lowest BCUT2D eigenvalue weighted by molar-refractivity contribution is -0.0424. The maximum Gasteiger partial charge on any atom is 0.0704 e. The topological polar surface area (TPSA) is 46.2 Å². The smallest absolute Gasteiger partial charge is 0.0704 e. The van der Waals surface area contributed by atoms with Crippen LogP contribution in [-0.2, 0) is 23.7 Å². The van der Waals surface area contributed by atoms with Gasteiger partial charge in [-0.15, -0.1) is 0 Å². The van der Waals surface area contributed by atoms with Crippen molar-refractivity contribution in [3.63, 3.8) is 0 Å². The number of rotatable bonds is 11. The van der Waals surface area contributed by atoms with E-state index >= 15 is 0 Å². The second-order valence-electron chi connectivity index (χ2n) is 7.70. The lowest BCUT2D eigenvalue weighted by Crippen LogP contribution is -2.20. The Balaban J connectivity index is 2.06. The van der Waals surface area contributed by atoms with Crippen LogP contribution < -0.4 is 0 Å². The van der Waals surface area contributed by atoms with Gasteiger partial charge in [0, 0.05) is 6.61 Å². The Morgan fingerprint density at radius 2 is 0.929 bits per heavy atom. The summed E-state index contributed by atoms with van der Waals surface area (Å²) in [6.45, 7) is 8.05. The van der Waals surface area contributed by atoms with Crippen molar-refractivity contribution < 1.29 is 23.7 Å². The summed E-state index contributed by atoms with van der Waals surface area (Å²) in [4.78, 5) is 0. The van der Waals surface area contributed by atoms with Crippen LogP contribution in [0, 0.1) is 0 Å². The molecule has 0 aromatic carbocycles. The normalized spacial score (nSPS) is 21.5. The van der Waals surface area contributed by atoms with Gasteiger partial charge >= 0.3 is 0 Å². The summed E-state index contributed by atoms with van der Waals surface area (Å²) >= 11 is 0. The van der Waals surface area contributed by atoms with Crippen molar-refractivity contribution in [2.75, 3.05) is 59.5 Å². The number of unbranched alkanes of at least 4 members (excludes halogenated alkanes) is 9. The quantitative estimate of drug-likeness (QED) is 0.447. The van der Waals surface area contributed by atoms with Crippen LogP contribution in [-0.4, -0.2) is 65.6 Å². The third kappa shape index (κ3) is 17.9. The van der Waals surface area contributed by atoms with Crippen LogP contribution in [0.1, 0.15) is 84.0 Å². The van der Waals surface area contributed by atoms with Crippen LogP contribution in [0.3, 0.4) is 0 Å². The van der Waals surface area contributed by atoms with Crippen molar-refractivity contribution in [2.24, 2.45) is 0 Å². The summed E-state index contributed by atoms with van der Waals surface area (Å²) in [5.41, 5.74) is 0. The molecule has 1 aliphatic rings. The summed E-state index contributed by atoms with van der Waals surface area (Å²) in [6.07, 6.45) is 16.1. The van der Waals surface area contributed by atoms with E-state index in [1.807, 2.05) is 0 Å². The minimum absolute atomic E-state index is 0.280. The van der Waals surface area contributed by atoms with Gasteiger partial charge in [0.05, 0.1) is 59.0 Å². The molecule has 0 N–H and O–H groups in total. The molecule has 0 aromatic rings. The lowest BCUT2D eigenvalue weighted by Gasteiger charge is -2.18. The Labute approximate surface area is 173 Å². The summed E-state index contributed by atoms with van der Waals surface area (Å²) in [5.74, 6) is 0. The van der Waals surface area contributed by atoms with Crippen molar-refractivity contribution in [3.05, 3.63) is 0 Å². The number of hydrogen-bond donors (Lipinski definition) is 0. The average Bonchev–Trinajstić information content (AvgIpc) is 2.70. The molecule has 0 aromatic heterocycles. The fourth-order valence-corrected chi connectivity index (χ4v) is 3.42. The van der Waals surface area contributed by atoms with Gasteiger partial charge in [0.25, 0.3) is 0 Å². The zero-order chi connectivity index (χ0) is 20.0. The summed E-state index contributed by atoms with van der Waals surface area (Å²) in [7, 11) is 0. The van der Waals surface area contributed by atoms with Crippen LogP contribution in [0.2, 0.25) is 0 Å². The van der Waals surface area contributed by atoms with E-state index in [4.69, 9.17) is 23.7 Å². The zero-order valence-corrected chi connectivity index (χ0v) is 18.5.